The Balaban J connectivity index is 2.22. The highest BCUT2D eigenvalue weighted by molar-refractivity contribution is 7.80. The van der Waals surface area contributed by atoms with E-state index in [9.17, 15) is 0 Å². The quantitative estimate of drug-likeness (QED) is 0.421. The zero-order chi connectivity index (χ0) is 12.5. The molecule has 0 heterocycles. The van der Waals surface area contributed by atoms with E-state index in [1.807, 2.05) is 18.2 Å². The molecule has 4 nitrogen and oxygen atoms in total. The molecule has 0 spiro atoms. The lowest BCUT2D eigenvalue weighted by atomic mass is 10.3. The number of methoxy groups -OCH3 is 1. The minimum atomic E-state index is 0.529. The first kappa shape index (κ1) is 14.0. The van der Waals surface area contributed by atoms with E-state index in [1.165, 1.54) is 0 Å². The van der Waals surface area contributed by atoms with Crippen LogP contribution in [0.5, 0.6) is 0 Å². The van der Waals surface area contributed by atoms with Crippen LogP contribution in [0.15, 0.2) is 24.3 Å². The zero-order valence-corrected chi connectivity index (χ0v) is 11.2. The molecule has 94 valence electrons. The number of hydrogen-bond acceptors (Lipinski definition) is 3. The van der Waals surface area contributed by atoms with Crippen LogP contribution >= 0.6 is 23.8 Å². The van der Waals surface area contributed by atoms with Crippen molar-refractivity contribution < 1.29 is 4.74 Å². The average Bonchev–Trinajstić information content (AvgIpc) is 2.34. The number of anilines is 1. The number of hydrogen-bond donors (Lipinski definition) is 3. The number of thiocarbonyl (C=S) groups is 1. The number of para-hydroxylation sites is 1. The molecule has 0 saturated carbocycles. The Labute approximate surface area is 112 Å². The maximum absolute atomic E-state index is 5.97. The molecule has 0 saturated heterocycles. The van der Waals surface area contributed by atoms with Gasteiger partial charge in [-0.3, -0.25) is 10.9 Å². The minimum Gasteiger partial charge on any atom is -0.385 e. The molecule has 0 fully saturated rings. The van der Waals surface area contributed by atoms with Crippen molar-refractivity contribution in [1.29, 1.82) is 0 Å². The highest BCUT2D eigenvalue weighted by Crippen LogP contribution is 2.19. The molecular weight excluding hydrogens is 258 g/mol. The van der Waals surface area contributed by atoms with Crippen molar-refractivity contribution in [2.75, 3.05) is 25.7 Å². The fraction of sp³-hybridized carbons (Fsp3) is 0.364. The molecule has 0 atom stereocenters. The first-order chi connectivity index (χ1) is 8.24. The lowest BCUT2D eigenvalue weighted by molar-refractivity contribution is 0.195. The standard InChI is InChI=1S/C11H16ClN3OS/c1-16-8-4-7-13-11(17)15-14-10-6-3-2-5-9(10)12/h2-3,5-6,14H,4,7-8H2,1H3,(H2,13,15,17). The van der Waals surface area contributed by atoms with Crippen molar-refractivity contribution in [3.05, 3.63) is 29.3 Å². The van der Waals surface area contributed by atoms with Crippen LogP contribution in [0.1, 0.15) is 6.42 Å². The molecule has 0 aliphatic carbocycles. The third kappa shape index (κ3) is 5.72. The molecule has 0 bridgehead atoms. The fourth-order valence-corrected chi connectivity index (χ4v) is 1.49. The predicted octanol–water partition coefficient (Wildman–Crippen LogP) is 2.17. The van der Waals surface area contributed by atoms with Gasteiger partial charge in [-0.2, -0.15) is 0 Å². The molecule has 1 aromatic rings. The van der Waals surface area contributed by atoms with Crippen molar-refractivity contribution in [2.24, 2.45) is 0 Å². The van der Waals surface area contributed by atoms with E-state index in [4.69, 9.17) is 28.6 Å². The van der Waals surface area contributed by atoms with Gasteiger partial charge in [-0.1, -0.05) is 23.7 Å². The monoisotopic (exact) mass is 273 g/mol. The van der Waals surface area contributed by atoms with E-state index < -0.39 is 0 Å². The molecule has 1 aromatic carbocycles. The van der Waals surface area contributed by atoms with Crippen molar-refractivity contribution in [1.82, 2.24) is 10.7 Å². The molecule has 6 heteroatoms. The summed E-state index contributed by atoms with van der Waals surface area (Å²) in [6, 6.07) is 7.43. The van der Waals surface area contributed by atoms with Crippen molar-refractivity contribution in [3.63, 3.8) is 0 Å². The summed E-state index contributed by atoms with van der Waals surface area (Å²) >= 11 is 11.0. The molecule has 1 rings (SSSR count). The van der Waals surface area contributed by atoms with Crippen LogP contribution in [0.2, 0.25) is 5.02 Å². The van der Waals surface area contributed by atoms with Crippen molar-refractivity contribution in [2.45, 2.75) is 6.42 Å². The zero-order valence-electron chi connectivity index (χ0n) is 9.63. The summed E-state index contributed by atoms with van der Waals surface area (Å²) in [6.07, 6.45) is 0.907. The highest BCUT2D eigenvalue weighted by atomic mass is 35.5. The summed E-state index contributed by atoms with van der Waals surface area (Å²) in [6.45, 7) is 1.48. The van der Waals surface area contributed by atoms with Crippen LogP contribution in [0, 0.1) is 0 Å². The van der Waals surface area contributed by atoms with Gasteiger partial charge in [-0.25, -0.2) is 0 Å². The Morgan fingerprint density at radius 1 is 1.41 bits per heavy atom. The maximum Gasteiger partial charge on any atom is 0.185 e. The number of nitrogens with one attached hydrogen (secondary N) is 3. The Morgan fingerprint density at radius 3 is 2.88 bits per heavy atom. The Morgan fingerprint density at radius 2 is 2.18 bits per heavy atom. The molecular formula is C11H16ClN3OS. The SMILES string of the molecule is COCCCNC(=S)NNc1ccccc1Cl. The van der Waals surface area contributed by atoms with Crippen LogP contribution in [-0.2, 0) is 4.74 Å². The number of ether oxygens (including phenoxy) is 1. The Kier molecular flexibility index (Phi) is 6.69. The van der Waals surface area contributed by atoms with E-state index in [0.29, 0.717) is 16.7 Å². The van der Waals surface area contributed by atoms with Gasteiger partial charge in [0.2, 0.25) is 0 Å². The summed E-state index contributed by atoms with van der Waals surface area (Å²) in [4.78, 5) is 0. The fourth-order valence-electron chi connectivity index (χ4n) is 1.15. The van der Waals surface area contributed by atoms with Gasteiger partial charge in [-0.05, 0) is 30.8 Å². The van der Waals surface area contributed by atoms with Gasteiger partial charge in [0.25, 0.3) is 0 Å². The van der Waals surface area contributed by atoms with E-state index >= 15 is 0 Å². The molecule has 0 aliphatic heterocycles. The van der Waals surface area contributed by atoms with Crippen LogP contribution in [0.4, 0.5) is 5.69 Å². The number of benzene rings is 1. The number of hydrazine groups is 1. The summed E-state index contributed by atoms with van der Waals surface area (Å²) in [5.41, 5.74) is 6.59. The lowest BCUT2D eigenvalue weighted by Gasteiger charge is -2.13. The van der Waals surface area contributed by atoms with E-state index in [-0.39, 0.29) is 0 Å². The summed E-state index contributed by atoms with van der Waals surface area (Å²) in [7, 11) is 1.68. The highest BCUT2D eigenvalue weighted by Gasteiger charge is 1.98. The normalized spacial score (nSPS) is 9.76. The largest absolute Gasteiger partial charge is 0.385 e. The summed E-state index contributed by atoms with van der Waals surface area (Å²) < 4.78 is 4.93. The van der Waals surface area contributed by atoms with Crippen LogP contribution in [-0.4, -0.2) is 25.4 Å². The first-order valence-corrected chi connectivity index (χ1v) is 6.06. The third-order valence-electron chi connectivity index (χ3n) is 2.00. The van der Waals surface area contributed by atoms with E-state index in [2.05, 4.69) is 16.2 Å². The van der Waals surface area contributed by atoms with Gasteiger partial charge in [-0.15, -0.1) is 0 Å². The molecule has 0 unspecified atom stereocenters. The topological polar surface area (TPSA) is 45.3 Å². The van der Waals surface area contributed by atoms with Gasteiger partial charge < -0.3 is 10.1 Å². The minimum absolute atomic E-state index is 0.529. The molecule has 0 aromatic heterocycles. The van der Waals surface area contributed by atoms with Gasteiger partial charge in [0.1, 0.15) is 0 Å². The maximum atomic E-state index is 5.97. The second-order valence-electron chi connectivity index (χ2n) is 3.33. The first-order valence-electron chi connectivity index (χ1n) is 5.27. The Hall–Kier alpha value is -1.04. The number of halogens is 1. The summed E-state index contributed by atoms with van der Waals surface area (Å²) in [5, 5.41) is 4.21. The smallest absolute Gasteiger partial charge is 0.185 e. The van der Waals surface area contributed by atoms with Crippen molar-refractivity contribution >= 4 is 34.6 Å². The van der Waals surface area contributed by atoms with E-state index in [0.717, 1.165) is 18.7 Å². The Bertz CT molecular complexity index is 362. The predicted molar refractivity (Wildman–Crippen MR) is 75.3 cm³/mol. The van der Waals surface area contributed by atoms with Crippen LogP contribution in [0.25, 0.3) is 0 Å². The molecule has 0 aliphatic rings. The second-order valence-corrected chi connectivity index (χ2v) is 4.15. The molecule has 0 amide bonds. The second kappa shape index (κ2) is 8.11. The van der Waals surface area contributed by atoms with Gasteiger partial charge >= 0.3 is 0 Å². The molecule has 17 heavy (non-hydrogen) atoms. The van der Waals surface area contributed by atoms with Crippen molar-refractivity contribution in [3.8, 4) is 0 Å². The van der Waals surface area contributed by atoms with Gasteiger partial charge in [0.05, 0.1) is 10.7 Å². The van der Waals surface area contributed by atoms with E-state index in [1.54, 1.807) is 13.2 Å². The van der Waals surface area contributed by atoms with Gasteiger partial charge in [0.15, 0.2) is 5.11 Å². The molecule has 3 N–H and O–H groups in total. The third-order valence-corrected chi connectivity index (χ3v) is 2.57. The number of rotatable bonds is 6. The lowest BCUT2D eigenvalue weighted by Crippen LogP contribution is -2.39. The average molecular weight is 274 g/mol. The van der Waals surface area contributed by atoms with Crippen LogP contribution < -0.4 is 16.2 Å². The van der Waals surface area contributed by atoms with Crippen LogP contribution in [0.3, 0.4) is 0 Å². The van der Waals surface area contributed by atoms with Gasteiger partial charge in [0, 0.05) is 20.3 Å². The molecule has 0 radical (unpaired) electrons. The summed E-state index contributed by atoms with van der Waals surface area (Å²) in [5.74, 6) is 0.